The van der Waals surface area contributed by atoms with E-state index in [0.717, 1.165) is 11.1 Å². The third-order valence-corrected chi connectivity index (χ3v) is 3.06. The number of carbonyl (C=O) groups is 1. The molecule has 1 aromatic rings. The van der Waals surface area contributed by atoms with Crippen LogP contribution < -0.4 is 5.32 Å². The Balaban J connectivity index is 2.76. The van der Waals surface area contributed by atoms with E-state index >= 15 is 0 Å². The molecule has 0 spiro atoms. The molecular formula is C14H22N2O2. The number of rotatable bonds is 5. The van der Waals surface area contributed by atoms with Gasteiger partial charge in [-0.2, -0.15) is 0 Å². The molecule has 0 bridgehead atoms. The van der Waals surface area contributed by atoms with Crippen molar-refractivity contribution in [2.24, 2.45) is 0 Å². The first-order chi connectivity index (χ1) is 8.45. The molecule has 0 saturated carbocycles. The topological polar surface area (TPSA) is 52.6 Å². The molecule has 1 amide bonds. The summed E-state index contributed by atoms with van der Waals surface area (Å²) in [5, 5.41) is 12.6. The molecule has 0 aromatic heterocycles. The number of nitrogens with one attached hydrogen (secondary N) is 1. The summed E-state index contributed by atoms with van der Waals surface area (Å²) in [5.41, 5.74) is 1.95. The van der Waals surface area contributed by atoms with Crippen molar-refractivity contribution in [1.29, 1.82) is 0 Å². The van der Waals surface area contributed by atoms with E-state index in [2.05, 4.69) is 5.32 Å². The lowest BCUT2D eigenvalue weighted by Gasteiger charge is -2.25. The standard InChI is InChI=1S/C14H22N2O2/c1-5-15-14(18)9-16(4)11(3)12-8-10(2)6-7-13(12)17/h6-8,11,17H,5,9H2,1-4H3,(H,15,18). The van der Waals surface area contributed by atoms with Crippen molar-refractivity contribution in [2.75, 3.05) is 20.1 Å². The molecule has 1 unspecified atom stereocenters. The van der Waals surface area contributed by atoms with Crippen molar-refractivity contribution in [2.45, 2.75) is 26.8 Å². The van der Waals surface area contributed by atoms with Crippen molar-refractivity contribution >= 4 is 5.91 Å². The van der Waals surface area contributed by atoms with Gasteiger partial charge >= 0.3 is 0 Å². The zero-order chi connectivity index (χ0) is 13.7. The molecule has 0 aliphatic heterocycles. The molecule has 1 atom stereocenters. The third-order valence-electron chi connectivity index (χ3n) is 3.06. The maximum absolute atomic E-state index is 11.5. The number of likely N-dealkylation sites (N-methyl/N-ethyl adjacent to an activating group) is 2. The molecule has 4 nitrogen and oxygen atoms in total. The van der Waals surface area contributed by atoms with Crippen LogP contribution in [0.2, 0.25) is 0 Å². The minimum Gasteiger partial charge on any atom is -0.508 e. The summed E-state index contributed by atoms with van der Waals surface area (Å²) in [6.45, 7) is 6.82. The Kier molecular flexibility index (Phi) is 5.16. The monoisotopic (exact) mass is 250 g/mol. The second-order valence-electron chi connectivity index (χ2n) is 4.61. The first-order valence-corrected chi connectivity index (χ1v) is 6.22. The van der Waals surface area contributed by atoms with Gasteiger partial charge in [0.05, 0.1) is 6.54 Å². The van der Waals surface area contributed by atoms with Crippen LogP contribution in [0.4, 0.5) is 0 Å². The van der Waals surface area contributed by atoms with Gasteiger partial charge in [-0.25, -0.2) is 0 Å². The van der Waals surface area contributed by atoms with Crippen molar-refractivity contribution in [3.63, 3.8) is 0 Å². The van der Waals surface area contributed by atoms with E-state index in [1.807, 2.05) is 44.9 Å². The first kappa shape index (κ1) is 14.5. The molecule has 0 radical (unpaired) electrons. The fourth-order valence-electron chi connectivity index (χ4n) is 1.86. The van der Waals surface area contributed by atoms with Crippen molar-refractivity contribution in [1.82, 2.24) is 10.2 Å². The average Bonchev–Trinajstić information content (AvgIpc) is 2.31. The number of benzene rings is 1. The van der Waals surface area contributed by atoms with Crippen LogP contribution in [-0.2, 0) is 4.79 Å². The summed E-state index contributed by atoms with van der Waals surface area (Å²) < 4.78 is 0. The fourth-order valence-corrected chi connectivity index (χ4v) is 1.86. The molecule has 100 valence electrons. The molecule has 0 heterocycles. The van der Waals surface area contributed by atoms with E-state index in [1.165, 1.54) is 0 Å². The summed E-state index contributed by atoms with van der Waals surface area (Å²) in [6, 6.07) is 5.51. The highest BCUT2D eigenvalue weighted by Gasteiger charge is 2.17. The maximum atomic E-state index is 11.5. The highest BCUT2D eigenvalue weighted by atomic mass is 16.3. The van der Waals surface area contributed by atoms with Gasteiger partial charge in [0.2, 0.25) is 5.91 Å². The minimum absolute atomic E-state index is 0.000933. The zero-order valence-corrected chi connectivity index (χ0v) is 11.5. The molecule has 4 heteroatoms. The van der Waals surface area contributed by atoms with E-state index in [0.29, 0.717) is 13.1 Å². The molecular weight excluding hydrogens is 228 g/mol. The molecule has 1 rings (SSSR count). The summed E-state index contributed by atoms with van der Waals surface area (Å²) in [5.74, 6) is 0.273. The Hall–Kier alpha value is -1.55. The molecule has 2 N–H and O–H groups in total. The highest BCUT2D eigenvalue weighted by molar-refractivity contribution is 5.77. The van der Waals surface area contributed by atoms with Crippen molar-refractivity contribution in [3.05, 3.63) is 29.3 Å². The van der Waals surface area contributed by atoms with E-state index in [9.17, 15) is 9.90 Å². The predicted molar refractivity (Wildman–Crippen MR) is 72.6 cm³/mol. The number of phenols is 1. The van der Waals surface area contributed by atoms with Crippen LogP contribution in [0.1, 0.15) is 31.0 Å². The molecule has 0 saturated heterocycles. The van der Waals surface area contributed by atoms with Gasteiger partial charge in [-0.15, -0.1) is 0 Å². The first-order valence-electron chi connectivity index (χ1n) is 6.22. The number of aryl methyl sites for hydroxylation is 1. The normalized spacial score (nSPS) is 12.5. The van der Waals surface area contributed by atoms with E-state index < -0.39 is 0 Å². The molecule has 0 fully saturated rings. The van der Waals surface area contributed by atoms with Gasteiger partial charge in [0.25, 0.3) is 0 Å². The summed E-state index contributed by atoms with van der Waals surface area (Å²) in [7, 11) is 1.88. The van der Waals surface area contributed by atoms with Crippen LogP contribution in [0.25, 0.3) is 0 Å². The second kappa shape index (κ2) is 6.40. The number of aromatic hydroxyl groups is 1. The van der Waals surface area contributed by atoms with Crippen LogP contribution in [0.3, 0.4) is 0 Å². The Bertz CT molecular complexity index is 418. The number of phenolic OH excluding ortho intramolecular Hbond substituents is 1. The smallest absolute Gasteiger partial charge is 0.234 e. The quantitative estimate of drug-likeness (QED) is 0.838. The number of nitrogens with zero attached hydrogens (tertiary/aromatic N) is 1. The maximum Gasteiger partial charge on any atom is 0.234 e. The van der Waals surface area contributed by atoms with Gasteiger partial charge in [-0.3, -0.25) is 9.69 Å². The average molecular weight is 250 g/mol. The summed E-state index contributed by atoms with van der Waals surface area (Å²) in [6.07, 6.45) is 0. The van der Waals surface area contributed by atoms with Crippen molar-refractivity contribution < 1.29 is 9.90 Å². The van der Waals surface area contributed by atoms with E-state index in [4.69, 9.17) is 0 Å². The minimum atomic E-state index is -0.00694. The van der Waals surface area contributed by atoms with Crippen LogP contribution >= 0.6 is 0 Å². The third kappa shape index (κ3) is 3.74. The van der Waals surface area contributed by atoms with Gasteiger partial charge in [-0.05, 0) is 33.9 Å². The summed E-state index contributed by atoms with van der Waals surface area (Å²) >= 11 is 0. The Labute approximate surface area is 109 Å². The van der Waals surface area contributed by atoms with Gasteiger partial charge in [0.1, 0.15) is 5.75 Å². The number of amides is 1. The highest BCUT2D eigenvalue weighted by Crippen LogP contribution is 2.28. The fraction of sp³-hybridized carbons (Fsp3) is 0.500. The zero-order valence-electron chi connectivity index (χ0n) is 11.5. The Morgan fingerprint density at radius 1 is 1.50 bits per heavy atom. The van der Waals surface area contributed by atoms with Gasteiger partial charge < -0.3 is 10.4 Å². The molecule has 18 heavy (non-hydrogen) atoms. The predicted octanol–water partition coefficient (Wildman–Crippen LogP) is 1.83. The lowest BCUT2D eigenvalue weighted by molar-refractivity contribution is -0.122. The molecule has 1 aromatic carbocycles. The number of hydrogen-bond donors (Lipinski definition) is 2. The van der Waals surface area contributed by atoms with Crippen LogP contribution in [0.5, 0.6) is 5.75 Å². The lowest BCUT2D eigenvalue weighted by atomic mass is 10.0. The Morgan fingerprint density at radius 2 is 2.17 bits per heavy atom. The van der Waals surface area contributed by atoms with Crippen molar-refractivity contribution in [3.8, 4) is 5.75 Å². The summed E-state index contributed by atoms with van der Waals surface area (Å²) in [4.78, 5) is 13.4. The second-order valence-corrected chi connectivity index (χ2v) is 4.61. The van der Waals surface area contributed by atoms with E-state index in [1.54, 1.807) is 6.07 Å². The van der Waals surface area contributed by atoms with E-state index in [-0.39, 0.29) is 17.7 Å². The van der Waals surface area contributed by atoms with Gasteiger partial charge in [0, 0.05) is 18.2 Å². The van der Waals surface area contributed by atoms with Gasteiger partial charge in [-0.1, -0.05) is 17.7 Å². The van der Waals surface area contributed by atoms with Crippen LogP contribution in [0.15, 0.2) is 18.2 Å². The Morgan fingerprint density at radius 3 is 2.78 bits per heavy atom. The molecule has 0 aliphatic rings. The SMILES string of the molecule is CCNC(=O)CN(C)C(C)c1cc(C)ccc1O. The lowest BCUT2D eigenvalue weighted by Crippen LogP contribution is -2.36. The van der Waals surface area contributed by atoms with Crippen LogP contribution in [0, 0.1) is 6.92 Å². The largest absolute Gasteiger partial charge is 0.508 e. The van der Waals surface area contributed by atoms with Gasteiger partial charge in [0.15, 0.2) is 0 Å². The number of hydrogen-bond acceptors (Lipinski definition) is 3. The number of carbonyl (C=O) groups excluding carboxylic acids is 1. The van der Waals surface area contributed by atoms with Crippen LogP contribution in [-0.4, -0.2) is 36.1 Å². The molecule has 0 aliphatic carbocycles.